The highest BCUT2D eigenvalue weighted by atomic mass is 32.2. The second-order valence-electron chi connectivity index (χ2n) is 16.4. The van der Waals surface area contributed by atoms with Crippen LogP contribution in [-0.2, 0) is 9.84 Å². The Morgan fingerprint density at radius 2 is 0.846 bits per heavy atom. The summed E-state index contributed by atoms with van der Waals surface area (Å²) in [6, 6.07) is 71.5. The molecule has 8 heteroatoms. The first-order chi connectivity index (χ1) is 31.9. The van der Waals surface area contributed by atoms with E-state index in [0.717, 1.165) is 65.5 Å². The van der Waals surface area contributed by atoms with Gasteiger partial charge in [-0.15, -0.1) is 11.3 Å². The zero-order chi connectivity index (χ0) is 43.4. The first-order valence-corrected chi connectivity index (χ1v) is 23.8. The highest BCUT2D eigenvalue weighted by molar-refractivity contribution is 7.91. The number of nitrogens with zero attached hydrogens (tertiary/aromatic N) is 3. The Balaban J connectivity index is 1.02. The van der Waals surface area contributed by atoms with Crippen LogP contribution in [0, 0.1) is 0 Å². The zero-order valence-electron chi connectivity index (χ0n) is 34.6. The summed E-state index contributed by atoms with van der Waals surface area (Å²) in [5.74, 6) is -0.291. The fraction of sp³-hybridized carbons (Fsp3) is 0. The molecule has 0 N–H and O–H groups in total. The molecule has 12 aromatic rings. The lowest BCUT2D eigenvalue weighted by molar-refractivity contribution is 0.103. The molecule has 0 saturated carbocycles. The number of rotatable bonds is 6. The molecule has 0 radical (unpaired) electrons. The van der Waals surface area contributed by atoms with E-state index in [9.17, 15) is 13.2 Å². The molecule has 0 bridgehead atoms. The van der Waals surface area contributed by atoms with Gasteiger partial charge in [0.05, 0.1) is 31.9 Å². The van der Waals surface area contributed by atoms with Crippen molar-refractivity contribution in [3.05, 3.63) is 223 Å². The van der Waals surface area contributed by atoms with Gasteiger partial charge < -0.3 is 14.0 Å². The first-order valence-electron chi connectivity index (χ1n) is 21.5. The summed E-state index contributed by atoms with van der Waals surface area (Å²) < 4.78 is 34.3. The molecule has 0 unspecified atom stereocenters. The molecule has 4 heterocycles. The number of benzene rings is 9. The third-order valence-corrected chi connectivity index (χ3v) is 15.9. The zero-order valence-corrected chi connectivity index (χ0v) is 36.2. The van der Waals surface area contributed by atoms with E-state index >= 15 is 0 Å². The van der Waals surface area contributed by atoms with E-state index in [2.05, 4.69) is 172 Å². The SMILES string of the molecule is O=C1c2ccccc2S(=O)(=O)c2cc(-c3c(N(c4ccc(-n5c6ccccc6c6ccccc65)cc4)c4ccc(-n5c6ccccc6c6ccccc65)cc4)sc4ccccc34)ccc21. The fourth-order valence-electron chi connectivity index (χ4n) is 10.00. The topological polar surface area (TPSA) is 64.3 Å². The number of aromatic nitrogens is 2. The number of para-hydroxylation sites is 4. The van der Waals surface area contributed by atoms with Crippen molar-refractivity contribution in [1.82, 2.24) is 9.13 Å². The van der Waals surface area contributed by atoms with Crippen molar-refractivity contribution in [3.8, 4) is 22.5 Å². The molecule has 1 aliphatic heterocycles. The maximum Gasteiger partial charge on any atom is 0.208 e. The molecular formula is C57H35N3O3S2. The van der Waals surface area contributed by atoms with E-state index in [1.165, 1.54) is 27.6 Å². The van der Waals surface area contributed by atoms with Crippen molar-refractivity contribution in [1.29, 1.82) is 0 Å². The summed E-state index contributed by atoms with van der Waals surface area (Å²) in [5, 5.41) is 6.70. The maximum atomic E-state index is 14.3. The maximum absolute atomic E-state index is 14.3. The summed E-state index contributed by atoms with van der Waals surface area (Å²) in [4.78, 5) is 16.1. The van der Waals surface area contributed by atoms with Crippen LogP contribution in [0.3, 0.4) is 0 Å². The molecule has 0 spiro atoms. The lowest BCUT2D eigenvalue weighted by Gasteiger charge is -2.26. The molecule has 0 saturated heterocycles. The normalized spacial score (nSPS) is 13.2. The fourth-order valence-corrected chi connectivity index (χ4v) is 12.9. The third kappa shape index (κ3) is 5.57. The number of hydrogen-bond donors (Lipinski definition) is 0. The van der Waals surface area contributed by atoms with Crippen molar-refractivity contribution in [2.24, 2.45) is 0 Å². The van der Waals surface area contributed by atoms with Gasteiger partial charge in [-0.1, -0.05) is 109 Å². The van der Waals surface area contributed by atoms with Gasteiger partial charge in [0.25, 0.3) is 0 Å². The second kappa shape index (κ2) is 14.2. The quantitative estimate of drug-likeness (QED) is 0.167. The molecule has 65 heavy (non-hydrogen) atoms. The average Bonchev–Trinajstić information content (AvgIpc) is 4.02. The van der Waals surface area contributed by atoms with Crippen LogP contribution >= 0.6 is 11.3 Å². The second-order valence-corrected chi connectivity index (χ2v) is 19.3. The molecule has 1 aliphatic rings. The number of thiophene rings is 1. The number of carbonyl (C=O) groups is 1. The molecule has 0 fully saturated rings. The van der Waals surface area contributed by atoms with Gasteiger partial charge in [-0.05, 0) is 109 Å². The standard InChI is InChI=1S/C57H35N3O3S2/c61-56-46-18-6-12-24-53(46)65(62,63)54-35-36(25-34-47(54)56)55-45-17-5-11-23-52(45)64-57(55)58(37-26-30-39(31-27-37)59-48-19-7-1-13-41(48)42-14-2-8-20-49(42)59)38-28-32-40(33-29-38)60-50-21-9-3-15-43(50)44-16-4-10-22-51(44)60/h1-35H. The van der Waals surface area contributed by atoms with Crippen LogP contribution in [0.25, 0.3) is 76.2 Å². The van der Waals surface area contributed by atoms with E-state index < -0.39 is 9.84 Å². The number of hydrogen-bond acceptors (Lipinski definition) is 5. The van der Waals surface area contributed by atoms with Gasteiger partial charge in [-0.25, -0.2) is 8.42 Å². The molecule has 9 aromatic carbocycles. The highest BCUT2D eigenvalue weighted by Gasteiger charge is 2.35. The number of fused-ring (bicyclic) bond motifs is 9. The average molecular weight is 874 g/mol. The summed E-state index contributed by atoms with van der Waals surface area (Å²) >= 11 is 1.65. The van der Waals surface area contributed by atoms with E-state index in [4.69, 9.17) is 0 Å². The van der Waals surface area contributed by atoms with Gasteiger partial charge in [0, 0.05) is 71.1 Å². The molecular weight excluding hydrogens is 839 g/mol. The Bertz CT molecular complexity index is 3780. The number of carbonyl (C=O) groups excluding carboxylic acids is 1. The smallest absolute Gasteiger partial charge is 0.208 e. The largest absolute Gasteiger partial charge is 0.309 e. The summed E-state index contributed by atoms with van der Waals surface area (Å²) in [7, 11) is -3.99. The molecule has 0 aliphatic carbocycles. The lowest BCUT2D eigenvalue weighted by Crippen LogP contribution is -2.20. The van der Waals surface area contributed by atoms with Crippen molar-refractivity contribution in [2.45, 2.75) is 9.79 Å². The van der Waals surface area contributed by atoms with Crippen LogP contribution < -0.4 is 4.90 Å². The van der Waals surface area contributed by atoms with Crippen LogP contribution in [0.5, 0.6) is 0 Å². The molecule has 6 nitrogen and oxygen atoms in total. The highest BCUT2D eigenvalue weighted by Crippen LogP contribution is 2.51. The van der Waals surface area contributed by atoms with Crippen molar-refractivity contribution in [2.75, 3.05) is 4.90 Å². The van der Waals surface area contributed by atoms with Crippen LogP contribution in [0.1, 0.15) is 15.9 Å². The minimum absolute atomic E-state index is 0.0255. The summed E-state index contributed by atoms with van der Waals surface area (Å²) in [5.41, 5.74) is 10.5. The summed E-state index contributed by atoms with van der Waals surface area (Å²) in [6.07, 6.45) is 0. The summed E-state index contributed by atoms with van der Waals surface area (Å²) in [6.45, 7) is 0. The first kappa shape index (κ1) is 37.5. The Hall–Kier alpha value is -8.04. The molecule has 0 atom stereocenters. The van der Waals surface area contributed by atoms with Gasteiger partial charge >= 0.3 is 0 Å². The molecule has 3 aromatic heterocycles. The van der Waals surface area contributed by atoms with Crippen LogP contribution in [0.2, 0.25) is 0 Å². The Morgan fingerprint density at radius 1 is 0.415 bits per heavy atom. The van der Waals surface area contributed by atoms with Crippen LogP contribution in [0.4, 0.5) is 16.4 Å². The Labute approximate surface area is 378 Å². The predicted octanol–water partition coefficient (Wildman–Crippen LogP) is 14.6. The molecule has 13 rings (SSSR count). The van der Waals surface area contributed by atoms with Gasteiger partial charge in [0.2, 0.25) is 9.84 Å². The van der Waals surface area contributed by atoms with Crippen molar-refractivity contribution >= 4 is 97.0 Å². The van der Waals surface area contributed by atoms with Gasteiger partial charge in [0.15, 0.2) is 5.78 Å². The minimum atomic E-state index is -3.99. The Kier molecular flexibility index (Phi) is 8.22. The number of ketones is 1. The van der Waals surface area contributed by atoms with E-state index in [-0.39, 0.29) is 26.7 Å². The monoisotopic (exact) mass is 873 g/mol. The predicted molar refractivity (Wildman–Crippen MR) is 266 cm³/mol. The Morgan fingerprint density at radius 3 is 1.37 bits per heavy atom. The van der Waals surface area contributed by atoms with E-state index in [1.54, 1.807) is 41.7 Å². The molecule has 308 valence electrons. The van der Waals surface area contributed by atoms with Gasteiger partial charge in [-0.3, -0.25) is 4.79 Å². The van der Waals surface area contributed by atoms with Crippen molar-refractivity contribution in [3.63, 3.8) is 0 Å². The van der Waals surface area contributed by atoms with E-state index in [0.29, 0.717) is 5.56 Å². The minimum Gasteiger partial charge on any atom is -0.309 e. The van der Waals surface area contributed by atoms with Crippen LogP contribution in [-0.4, -0.2) is 23.3 Å². The third-order valence-electron chi connectivity index (χ3n) is 12.9. The van der Waals surface area contributed by atoms with Gasteiger partial charge in [0.1, 0.15) is 5.00 Å². The van der Waals surface area contributed by atoms with E-state index in [1.807, 2.05) is 18.2 Å². The van der Waals surface area contributed by atoms with Crippen molar-refractivity contribution < 1.29 is 13.2 Å². The van der Waals surface area contributed by atoms with Gasteiger partial charge in [-0.2, -0.15) is 0 Å². The van der Waals surface area contributed by atoms with Crippen LogP contribution in [0.15, 0.2) is 222 Å². The molecule has 0 amide bonds. The number of anilines is 3. The number of sulfone groups is 1. The lowest BCUT2D eigenvalue weighted by atomic mass is 9.97.